The van der Waals surface area contributed by atoms with E-state index in [0.29, 0.717) is 36.1 Å². The van der Waals surface area contributed by atoms with Gasteiger partial charge in [-0.25, -0.2) is 14.8 Å². The van der Waals surface area contributed by atoms with E-state index in [4.69, 9.17) is 37.4 Å². The molecule has 276 valence electrons. The van der Waals surface area contributed by atoms with Gasteiger partial charge in [-0.1, -0.05) is 68.5 Å². The Bertz CT molecular complexity index is 1670. The summed E-state index contributed by atoms with van der Waals surface area (Å²) in [6.45, 7) is 16.1. The van der Waals surface area contributed by atoms with Crippen LogP contribution < -0.4 is 24.6 Å². The Labute approximate surface area is 312 Å². The molecule has 0 saturated carbocycles. The second kappa shape index (κ2) is 18.2. The molecule has 14 heteroatoms. The van der Waals surface area contributed by atoms with Gasteiger partial charge in [0.1, 0.15) is 40.4 Å². The minimum Gasteiger partial charge on any atom is -0.495 e. The van der Waals surface area contributed by atoms with Gasteiger partial charge in [-0.05, 0) is 67.7 Å². The molecule has 1 fully saturated rings. The van der Waals surface area contributed by atoms with Crippen LogP contribution in [0.25, 0.3) is 0 Å². The highest BCUT2D eigenvalue weighted by atomic mass is 35.5. The third kappa shape index (κ3) is 10.4. The monoisotopic (exact) mass is 756 g/mol. The molecule has 1 aliphatic rings. The number of hydrogen-bond donors (Lipinski definition) is 1. The van der Waals surface area contributed by atoms with Crippen LogP contribution in [0.4, 0.5) is 22.0 Å². The van der Waals surface area contributed by atoms with Crippen LogP contribution in [0.2, 0.25) is 35.7 Å². The molecule has 11 nitrogen and oxygen atoms in total. The molecule has 1 saturated heterocycles. The van der Waals surface area contributed by atoms with Crippen molar-refractivity contribution < 1.29 is 23.8 Å². The lowest BCUT2D eigenvalue weighted by Gasteiger charge is -2.31. The first-order valence-corrected chi connectivity index (χ1v) is 21.6. The zero-order chi connectivity index (χ0) is 37.3. The van der Waals surface area contributed by atoms with E-state index in [-0.39, 0.29) is 39.9 Å². The van der Waals surface area contributed by atoms with Gasteiger partial charge >= 0.3 is 6.03 Å². The molecule has 4 rings (SSSR count). The van der Waals surface area contributed by atoms with Crippen LogP contribution in [0.3, 0.4) is 0 Å². The predicted octanol–water partition coefficient (Wildman–Crippen LogP) is 8.09. The molecule has 2 heterocycles. The summed E-state index contributed by atoms with van der Waals surface area (Å²) in [4.78, 5) is 40.9. The van der Waals surface area contributed by atoms with Gasteiger partial charge in [-0.2, -0.15) is 0 Å². The van der Waals surface area contributed by atoms with E-state index >= 15 is 0 Å². The average Bonchev–Trinajstić information content (AvgIpc) is 3.12. The van der Waals surface area contributed by atoms with Crippen molar-refractivity contribution in [2.24, 2.45) is 0 Å². The number of amides is 3. The highest BCUT2D eigenvalue weighted by molar-refractivity contribution is 6.76. The van der Waals surface area contributed by atoms with E-state index < -0.39 is 14.1 Å². The molecule has 0 bridgehead atoms. The van der Waals surface area contributed by atoms with E-state index in [1.54, 1.807) is 19.2 Å². The van der Waals surface area contributed by atoms with Gasteiger partial charge in [-0.15, -0.1) is 0 Å². The second-order valence-corrected chi connectivity index (χ2v) is 20.1. The first-order chi connectivity index (χ1) is 24.3. The van der Waals surface area contributed by atoms with Crippen LogP contribution in [0.1, 0.15) is 42.5 Å². The number of piperidine rings is 1. The fourth-order valence-electron chi connectivity index (χ4n) is 5.88. The van der Waals surface area contributed by atoms with E-state index in [2.05, 4.69) is 65.5 Å². The molecule has 3 amide bonds. The molecule has 2 aromatic carbocycles. The summed E-state index contributed by atoms with van der Waals surface area (Å²) in [5.41, 5.74) is 3.61. The SMILES string of the molecule is C=CC(=O)Nc1cc(C2CCN(CC)CC2)ccc1Cc1cc(N(C)C(=O)N(COCC[Si](C)(C)C)c2c(Cl)c(OC)cc(OC)c2Cl)ncn1. The summed E-state index contributed by atoms with van der Waals surface area (Å²) in [5, 5.41) is 3.26. The fraction of sp³-hybridized carbons (Fsp3) is 0.459. The Morgan fingerprint density at radius 1 is 1.06 bits per heavy atom. The molecule has 51 heavy (non-hydrogen) atoms. The summed E-state index contributed by atoms with van der Waals surface area (Å²) >= 11 is 13.6. The van der Waals surface area contributed by atoms with Gasteiger partial charge in [0.15, 0.2) is 0 Å². The Kier molecular flexibility index (Phi) is 14.3. The lowest BCUT2D eigenvalue weighted by Crippen LogP contribution is -2.43. The van der Waals surface area contributed by atoms with E-state index in [1.807, 2.05) is 6.07 Å². The zero-order valence-corrected chi connectivity index (χ0v) is 33.2. The maximum absolute atomic E-state index is 14.3. The molecule has 3 aromatic rings. The average molecular weight is 758 g/mol. The summed E-state index contributed by atoms with van der Waals surface area (Å²) in [5.74, 6) is 1.05. The third-order valence-electron chi connectivity index (χ3n) is 9.06. The number of likely N-dealkylation sites (tertiary alicyclic amines) is 1. The molecule has 0 spiro atoms. The molecule has 1 aliphatic heterocycles. The van der Waals surface area contributed by atoms with Gasteiger partial charge in [0, 0.05) is 46.0 Å². The zero-order valence-electron chi connectivity index (χ0n) is 30.7. The number of hydrogen-bond acceptors (Lipinski definition) is 8. The van der Waals surface area contributed by atoms with Crippen LogP contribution >= 0.6 is 23.2 Å². The van der Waals surface area contributed by atoms with Crippen molar-refractivity contribution in [3.8, 4) is 11.5 Å². The van der Waals surface area contributed by atoms with Crippen LogP contribution in [-0.2, 0) is 16.0 Å². The Morgan fingerprint density at radius 2 is 1.73 bits per heavy atom. The lowest BCUT2D eigenvalue weighted by molar-refractivity contribution is -0.111. The number of anilines is 3. The number of benzene rings is 2. The summed E-state index contributed by atoms with van der Waals surface area (Å²) in [7, 11) is 3.15. The summed E-state index contributed by atoms with van der Waals surface area (Å²) in [6.07, 6.45) is 5.19. The van der Waals surface area contributed by atoms with Gasteiger partial charge < -0.3 is 24.4 Å². The standard InChI is InChI=1S/C37H50Cl2N6O5Si/c1-9-33(46)42-29-20-26(25-13-15-44(10-2)16-14-25)11-12-27(29)19-28-21-32(41-23-40-28)43(3)37(47)45(24-50-17-18-51(6,7)8)36-34(38)30(48-4)22-31(49-5)35(36)39/h9,11-12,20-23,25H,1,10,13-19,24H2,2-8H3,(H,42,46). The largest absolute Gasteiger partial charge is 0.495 e. The van der Waals surface area contributed by atoms with Crippen molar-refractivity contribution >= 4 is 60.4 Å². The molecule has 1 N–H and O–H groups in total. The van der Waals surface area contributed by atoms with E-state index in [0.717, 1.165) is 44.1 Å². The van der Waals surface area contributed by atoms with Gasteiger partial charge in [0.25, 0.3) is 0 Å². The number of halogens is 2. The highest BCUT2D eigenvalue weighted by Gasteiger charge is 2.30. The van der Waals surface area contributed by atoms with Crippen LogP contribution in [0.15, 0.2) is 49.3 Å². The quantitative estimate of drug-likeness (QED) is 0.0718. The topological polar surface area (TPSA) is 109 Å². The molecule has 0 unspecified atom stereocenters. The molecular weight excluding hydrogens is 707 g/mol. The Hall–Kier alpha value is -3.68. The van der Waals surface area contributed by atoms with Crippen molar-refractivity contribution in [1.29, 1.82) is 0 Å². The number of carbonyl (C=O) groups is 2. The van der Waals surface area contributed by atoms with Gasteiger partial charge in [-0.3, -0.25) is 14.6 Å². The number of nitrogens with zero attached hydrogens (tertiary/aromatic N) is 5. The fourth-order valence-corrected chi connectivity index (χ4v) is 7.35. The number of urea groups is 1. The summed E-state index contributed by atoms with van der Waals surface area (Å²) < 4.78 is 17.0. The molecule has 1 aromatic heterocycles. The van der Waals surface area contributed by atoms with Crippen molar-refractivity contribution in [1.82, 2.24) is 14.9 Å². The van der Waals surface area contributed by atoms with Crippen LogP contribution in [-0.4, -0.2) is 89.1 Å². The number of nitrogens with one attached hydrogen (secondary N) is 1. The molecule has 0 radical (unpaired) electrons. The second-order valence-electron chi connectivity index (χ2n) is 13.7. The lowest BCUT2D eigenvalue weighted by atomic mass is 9.88. The first kappa shape index (κ1) is 40.1. The number of methoxy groups -OCH3 is 2. The minimum absolute atomic E-state index is 0.127. The molecule has 0 aliphatic carbocycles. The predicted molar refractivity (Wildman–Crippen MR) is 209 cm³/mol. The normalized spacial score (nSPS) is 13.8. The van der Waals surface area contributed by atoms with E-state index in [9.17, 15) is 9.59 Å². The number of rotatable bonds is 15. The number of ether oxygens (including phenoxy) is 3. The Morgan fingerprint density at radius 3 is 2.31 bits per heavy atom. The van der Waals surface area contributed by atoms with Crippen molar-refractivity contribution in [2.45, 2.75) is 57.8 Å². The van der Waals surface area contributed by atoms with Crippen molar-refractivity contribution in [3.63, 3.8) is 0 Å². The van der Waals surface area contributed by atoms with Crippen molar-refractivity contribution in [2.75, 3.05) is 69.4 Å². The molecular formula is C37H50Cl2N6O5Si. The summed E-state index contributed by atoms with van der Waals surface area (Å²) in [6, 6.07) is 9.95. The van der Waals surface area contributed by atoms with Crippen LogP contribution in [0.5, 0.6) is 11.5 Å². The smallest absolute Gasteiger partial charge is 0.331 e. The highest BCUT2D eigenvalue weighted by Crippen LogP contribution is 2.46. The van der Waals surface area contributed by atoms with Gasteiger partial charge in [0.2, 0.25) is 5.91 Å². The third-order valence-corrected chi connectivity index (χ3v) is 11.5. The minimum atomic E-state index is -1.41. The molecule has 0 atom stereocenters. The maximum atomic E-state index is 14.3. The number of aromatic nitrogens is 2. The number of carbonyl (C=O) groups excluding carboxylic acids is 2. The van der Waals surface area contributed by atoms with Crippen molar-refractivity contribution in [3.05, 3.63) is 76.2 Å². The maximum Gasteiger partial charge on any atom is 0.331 e. The Balaban J connectivity index is 1.63. The first-order valence-electron chi connectivity index (χ1n) is 17.1. The van der Waals surface area contributed by atoms with E-state index in [1.165, 1.54) is 42.0 Å². The van der Waals surface area contributed by atoms with Crippen LogP contribution in [0, 0.1) is 0 Å². The van der Waals surface area contributed by atoms with Gasteiger partial charge in [0.05, 0.1) is 25.6 Å².